The SMILES string of the molecule is Cc1nc(CC(=O)O)cn1-c1ccc(F)c(Cl)c1. The molecule has 0 fully saturated rings. The maximum atomic E-state index is 13.1. The number of rotatable bonds is 3. The van der Waals surface area contributed by atoms with Crippen LogP contribution in [0.15, 0.2) is 24.4 Å². The van der Waals surface area contributed by atoms with Crippen LogP contribution in [0, 0.1) is 12.7 Å². The standard InChI is InChI=1S/C12H10ClFN2O2/c1-7-15-8(4-12(17)18)6-16(7)9-2-3-11(14)10(13)5-9/h2-3,5-6H,4H2,1H3,(H,17,18). The monoisotopic (exact) mass is 268 g/mol. The molecule has 0 aliphatic heterocycles. The number of carboxylic acids is 1. The van der Waals surface area contributed by atoms with Crippen LogP contribution in [0.5, 0.6) is 0 Å². The topological polar surface area (TPSA) is 55.1 Å². The second-order valence-electron chi connectivity index (χ2n) is 3.82. The molecule has 1 aromatic heterocycles. The molecule has 1 heterocycles. The van der Waals surface area contributed by atoms with Gasteiger partial charge < -0.3 is 9.67 Å². The highest BCUT2D eigenvalue weighted by Crippen LogP contribution is 2.20. The molecule has 0 saturated heterocycles. The number of aliphatic carboxylic acids is 1. The van der Waals surface area contributed by atoms with Gasteiger partial charge in [-0.05, 0) is 25.1 Å². The van der Waals surface area contributed by atoms with E-state index >= 15 is 0 Å². The van der Waals surface area contributed by atoms with E-state index in [0.29, 0.717) is 17.2 Å². The molecule has 0 saturated carbocycles. The van der Waals surface area contributed by atoms with Gasteiger partial charge in [-0.2, -0.15) is 0 Å². The third-order valence-corrected chi connectivity index (χ3v) is 2.74. The molecular formula is C12H10ClFN2O2. The second-order valence-corrected chi connectivity index (χ2v) is 4.23. The number of halogens is 2. The fraction of sp³-hybridized carbons (Fsp3) is 0.167. The van der Waals surface area contributed by atoms with Gasteiger partial charge in [-0.3, -0.25) is 4.79 Å². The summed E-state index contributed by atoms with van der Waals surface area (Å²) in [4.78, 5) is 14.7. The molecule has 18 heavy (non-hydrogen) atoms. The Morgan fingerprint density at radius 2 is 2.28 bits per heavy atom. The van der Waals surface area contributed by atoms with Gasteiger partial charge in [0.15, 0.2) is 0 Å². The number of aromatic nitrogens is 2. The van der Waals surface area contributed by atoms with Crippen molar-refractivity contribution in [1.82, 2.24) is 9.55 Å². The van der Waals surface area contributed by atoms with E-state index in [0.717, 1.165) is 0 Å². The van der Waals surface area contributed by atoms with Crippen LogP contribution in [0.2, 0.25) is 5.02 Å². The Hall–Kier alpha value is -1.88. The summed E-state index contributed by atoms with van der Waals surface area (Å²) in [5.41, 5.74) is 1.09. The molecule has 0 unspecified atom stereocenters. The van der Waals surface area contributed by atoms with Gasteiger partial charge in [-0.15, -0.1) is 0 Å². The van der Waals surface area contributed by atoms with E-state index in [1.807, 2.05) is 0 Å². The Morgan fingerprint density at radius 1 is 1.56 bits per heavy atom. The fourth-order valence-electron chi connectivity index (χ4n) is 1.67. The van der Waals surface area contributed by atoms with Gasteiger partial charge in [0, 0.05) is 11.9 Å². The molecule has 0 bridgehead atoms. The van der Waals surface area contributed by atoms with Crippen molar-refractivity contribution in [3.63, 3.8) is 0 Å². The zero-order valence-corrected chi connectivity index (χ0v) is 10.3. The third kappa shape index (κ3) is 2.51. The summed E-state index contributed by atoms with van der Waals surface area (Å²) in [6.07, 6.45) is 1.45. The van der Waals surface area contributed by atoms with Crippen LogP contribution in [0.3, 0.4) is 0 Å². The average molecular weight is 269 g/mol. The van der Waals surface area contributed by atoms with Crippen molar-refractivity contribution in [2.45, 2.75) is 13.3 Å². The lowest BCUT2D eigenvalue weighted by molar-refractivity contribution is -0.136. The van der Waals surface area contributed by atoms with Crippen LogP contribution in [-0.2, 0) is 11.2 Å². The normalized spacial score (nSPS) is 10.6. The Balaban J connectivity index is 2.41. The molecule has 6 heteroatoms. The molecule has 0 amide bonds. The predicted molar refractivity (Wildman–Crippen MR) is 64.6 cm³/mol. The number of hydrogen-bond acceptors (Lipinski definition) is 2. The lowest BCUT2D eigenvalue weighted by atomic mass is 10.3. The Kier molecular flexibility index (Phi) is 3.34. The number of imidazole rings is 1. The summed E-state index contributed by atoms with van der Waals surface area (Å²) < 4.78 is 14.7. The molecule has 0 aliphatic rings. The highest BCUT2D eigenvalue weighted by molar-refractivity contribution is 6.30. The zero-order chi connectivity index (χ0) is 13.3. The van der Waals surface area contributed by atoms with Crippen LogP contribution < -0.4 is 0 Å². The smallest absolute Gasteiger partial charge is 0.309 e. The summed E-state index contributed by atoms with van der Waals surface area (Å²) in [6, 6.07) is 4.28. The minimum Gasteiger partial charge on any atom is -0.481 e. The molecule has 0 atom stereocenters. The van der Waals surface area contributed by atoms with Gasteiger partial charge in [-0.1, -0.05) is 11.6 Å². The number of carboxylic acid groups (broad SMARTS) is 1. The van der Waals surface area contributed by atoms with Crippen molar-refractivity contribution in [2.75, 3.05) is 0 Å². The number of carbonyl (C=O) groups is 1. The first-order chi connectivity index (χ1) is 8.47. The highest BCUT2D eigenvalue weighted by atomic mass is 35.5. The van der Waals surface area contributed by atoms with Crippen molar-refractivity contribution >= 4 is 17.6 Å². The first kappa shape index (κ1) is 12.6. The van der Waals surface area contributed by atoms with Crippen LogP contribution in [0.1, 0.15) is 11.5 Å². The van der Waals surface area contributed by atoms with E-state index in [-0.39, 0.29) is 11.4 Å². The molecule has 2 aromatic rings. The Bertz CT molecular complexity index is 610. The van der Waals surface area contributed by atoms with Crippen LogP contribution >= 0.6 is 11.6 Å². The summed E-state index contributed by atoms with van der Waals surface area (Å²) in [5.74, 6) is -0.824. The van der Waals surface area contributed by atoms with Crippen molar-refractivity contribution < 1.29 is 14.3 Å². The number of hydrogen-bond donors (Lipinski definition) is 1. The van der Waals surface area contributed by atoms with E-state index in [4.69, 9.17) is 16.7 Å². The number of benzene rings is 1. The minimum absolute atomic E-state index is 0.0142. The average Bonchev–Trinajstić information content (AvgIpc) is 2.62. The Morgan fingerprint density at radius 3 is 2.89 bits per heavy atom. The summed E-state index contributed by atoms with van der Waals surface area (Å²) >= 11 is 5.70. The molecule has 1 N–H and O–H groups in total. The lowest BCUT2D eigenvalue weighted by Gasteiger charge is -2.05. The largest absolute Gasteiger partial charge is 0.481 e. The molecule has 0 spiro atoms. The molecule has 94 valence electrons. The van der Waals surface area contributed by atoms with Gasteiger partial charge in [0.05, 0.1) is 17.1 Å². The van der Waals surface area contributed by atoms with E-state index in [1.165, 1.54) is 12.1 Å². The minimum atomic E-state index is -0.947. The molecule has 2 rings (SSSR count). The van der Waals surface area contributed by atoms with Crippen molar-refractivity contribution in [2.24, 2.45) is 0 Å². The van der Waals surface area contributed by atoms with Gasteiger partial charge in [0.2, 0.25) is 0 Å². The fourth-order valence-corrected chi connectivity index (χ4v) is 1.84. The maximum absolute atomic E-state index is 13.1. The molecule has 0 aliphatic carbocycles. The summed E-state index contributed by atoms with van der Waals surface area (Å²) in [6.45, 7) is 1.74. The van der Waals surface area contributed by atoms with Gasteiger partial charge in [0.1, 0.15) is 11.6 Å². The zero-order valence-electron chi connectivity index (χ0n) is 9.52. The Labute approximate surface area is 108 Å². The van der Waals surface area contributed by atoms with Crippen molar-refractivity contribution in [3.8, 4) is 5.69 Å². The third-order valence-electron chi connectivity index (χ3n) is 2.45. The van der Waals surface area contributed by atoms with Gasteiger partial charge in [-0.25, -0.2) is 9.37 Å². The lowest BCUT2D eigenvalue weighted by Crippen LogP contribution is -1.99. The van der Waals surface area contributed by atoms with Gasteiger partial charge >= 0.3 is 5.97 Å². The van der Waals surface area contributed by atoms with Crippen LogP contribution in [0.4, 0.5) is 4.39 Å². The van der Waals surface area contributed by atoms with Crippen molar-refractivity contribution in [3.05, 3.63) is 46.8 Å². The maximum Gasteiger partial charge on any atom is 0.309 e. The van der Waals surface area contributed by atoms with Crippen LogP contribution in [-0.4, -0.2) is 20.6 Å². The van der Waals surface area contributed by atoms with Crippen molar-refractivity contribution in [1.29, 1.82) is 0 Å². The number of aryl methyl sites for hydroxylation is 1. The quantitative estimate of drug-likeness (QED) is 0.931. The predicted octanol–water partition coefficient (Wildman–Crippen LogP) is 2.60. The molecule has 1 aromatic carbocycles. The van der Waals surface area contributed by atoms with E-state index in [9.17, 15) is 9.18 Å². The van der Waals surface area contributed by atoms with Crippen LogP contribution in [0.25, 0.3) is 5.69 Å². The van der Waals surface area contributed by atoms with E-state index < -0.39 is 11.8 Å². The number of nitrogens with zero attached hydrogens (tertiary/aromatic N) is 2. The second kappa shape index (κ2) is 4.78. The molecule has 0 radical (unpaired) electrons. The van der Waals surface area contributed by atoms with E-state index in [2.05, 4.69) is 4.98 Å². The molecule has 4 nitrogen and oxygen atoms in total. The first-order valence-corrected chi connectivity index (χ1v) is 5.57. The summed E-state index contributed by atoms with van der Waals surface area (Å²) in [7, 11) is 0. The first-order valence-electron chi connectivity index (χ1n) is 5.19. The van der Waals surface area contributed by atoms with E-state index in [1.54, 1.807) is 23.8 Å². The summed E-state index contributed by atoms with van der Waals surface area (Å²) in [5, 5.41) is 8.71. The molecular weight excluding hydrogens is 259 g/mol. The van der Waals surface area contributed by atoms with Gasteiger partial charge in [0.25, 0.3) is 0 Å². The highest BCUT2D eigenvalue weighted by Gasteiger charge is 2.10.